The van der Waals surface area contributed by atoms with Crippen molar-refractivity contribution in [3.63, 3.8) is 0 Å². The molecular formula is C17H12BrN3S3. The molecule has 120 valence electrons. The predicted molar refractivity (Wildman–Crippen MR) is 110 cm³/mol. The molecule has 0 aliphatic carbocycles. The molecule has 0 aliphatic heterocycles. The van der Waals surface area contributed by atoms with E-state index in [1.807, 2.05) is 12.1 Å². The zero-order chi connectivity index (χ0) is 16.5. The molecule has 1 N–H and O–H groups in total. The highest BCUT2D eigenvalue weighted by Crippen LogP contribution is 2.33. The first-order valence-corrected chi connectivity index (χ1v) is 10.9. The van der Waals surface area contributed by atoms with Gasteiger partial charge in [-0.3, -0.25) is 0 Å². The van der Waals surface area contributed by atoms with Gasteiger partial charge in [0.2, 0.25) is 0 Å². The first-order chi connectivity index (χ1) is 11.7. The van der Waals surface area contributed by atoms with Crippen molar-refractivity contribution < 1.29 is 0 Å². The number of nitrogens with one attached hydrogen (secondary N) is 1. The third-order valence-electron chi connectivity index (χ3n) is 3.45. The number of thiazole rings is 2. The summed E-state index contributed by atoms with van der Waals surface area (Å²) < 4.78 is 2.26. The van der Waals surface area contributed by atoms with E-state index in [-0.39, 0.29) is 0 Å². The maximum Gasteiger partial charge on any atom is 0.190 e. The summed E-state index contributed by atoms with van der Waals surface area (Å²) in [6.45, 7) is 0. The molecule has 2 aromatic carbocycles. The minimum atomic E-state index is 0.858. The lowest BCUT2D eigenvalue weighted by Gasteiger charge is -1.97. The van der Waals surface area contributed by atoms with Gasteiger partial charge in [0, 0.05) is 20.3 Å². The van der Waals surface area contributed by atoms with Crippen LogP contribution in [0.15, 0.2) is 57.2 Å². The SMILES string of the molecule is CSc1ccc2nc(Nc3nc(-c4ccc(Br)cc4)cs3)sc2c1. The number of rotatable bonds is 4. The Balaban J connectivity index is 1.58. The molecule has 0 radical (unpaired) electrons. The Morgan fingerprint density at radius 3 is 2.67 bits per heavy atom. The fourth-order valence-corrected chi connectivity index (χ4v) is 4.73. The van der Waals surface area contributed by atoms with Crippen molar-refractivity contribution >= 4 is 70.8 Å². The summed E-state index contributed by atoms with van der Waals surface area (Å²) in [6, 6.07) is 14.5. The first kappa shape index (κ1) is 16.1. The van der Waals surface area contributed by atoms with Crippen molar-refractivity contribution in [3.05, 3.63) is 52.3 Å². The molecule has 0 atom stereocenters. The van der Waals surface area contributed by atoms with Crippen LogP contribution in [0.1, 0.15) is 0 Å². The van der Waals surface area contributed by atoms with E-state index in [1.165, 1.54) is 9.60 Å². The van der Waals surface area contributed by atoms with Crippen LogP contribution in [0, 0.1) is 0 Å². The van der Waals surface area contributed by atoms with Crippen molar-refractivity contribution in [3.8, 4) is 11.3 Å². The van der Waals surface area contributed by atoms with Crippen LogP contribution >= 0.6 is 50.4 Å². The summed E-state index contributed by atoms with van der Waals surface area (Å²) >= 11 is 8.44. The third-order valence-corrected chi connectivity index (χ3v) is 6.40. The molecule has 0 spiro atoms. The van der Waals surface area contributed by atoms with E-state index in [9.17, 15) is 0 Å². The van der Waals surface area contributed by atoms with Gasteiger partial charge in [0.05, 0.1) is 15.9 Å². The van der Waals surface area contributed by atoms with Gasteiger partial charge in [0.1, 0.15) is 0 Å². The van der Waals surface area contributed by atoms with Crippen molar-refractivity contribution in [2.24, 2.45) is 0 Å². The van der Waals surface area contributed by atoms with E-state index in [0.717, 1.165) is 31.5 Å². The van der Waals surface area contributed by atoms with Crippen molar-refractivity contribution in [1.29, 1.82) is 0 Å². The number of hydrogen-bond donors (Lipinski definition) is 1. The number of benzene rings is 2. The highest BCUT2D eigenvalue weighted by molar-refractivity contribution is 9.10. The lowest BCUT2D eigenvalue weighted by molar-refractivity contribution is 1.36. The van der Waals surface area contributed by atoms with Crippen molar-refractivity contribution in [1.82, 2.24) is 9.97 Å². The maximum absolute atomic E-state index is 4.66. The Hall–Kier alpha value is -1.41. The first-order valence-electron chi connectivity index (χ1n) is 7.14. The molecule has 2 aromatic heterocycles. The summed E-state index contributed by atoms with van der Waals surface area (Å²) in [6.07, 6.45) is 2.08. The summed E-state index contributed by atoms with van der Waals surface area (Å²) in [5.74, 6) is 0. The second-order valence-electron chi connectivity index (χ2n) is 5.02. The molecule has 4 aromatic rings. The molecule has 0 saturated heterocycles. The Morgan fingerprint density at radius 1 is 1.04 bits per heavy atom. The number of aromatic nitrogens is 2. The maximum atomic E-state index is 4.66. The number of halogens is 1. The molecule has 7 heteroatoms. The fraction of sp³-hybridized carbons (Fsp3) is 0.0588. The van der Waals surface area contributed by atoms with Gasteiger partial charge in [-0.25, -0.2) is 9.97 Å². The molecule has 2 heterocycles. The van der Waals surface area contributed by atoms with Crippen LogP contribution in [0.25, 0.3) is 21.5 Å². The Bertz CT molecular complexity index is 992. The Morgan fingerprint density at radius 2 is 1.88 bits per heavy atom. The molecule has 24 heavy (non-hydrogen) atoms. The average molecular weight is 434 g/mol. The van der Waals surface area contributed by atoms with Crippen LogP contribution in [-0.4, -0.2) is 16.2 Å². The molecule has 0 unspecified atom stereocenters. The smallest absolute Gasteiger partial charge is 0.190 e. The summed E-state index contributed by atoms with van der Waals surface area (Å²) in [7, 11) is 0. The van der Waals surface area contributed by atoms with Gasteiger partial charge in [0.15, 0.2) is 10.3 Å². The quantitative estimate of drug-likeness (QED) is 0.365. The highest BCUT2D eigenvalue weighted by atomic mass is 79.9. The van der Waals surface area contributed by atoms with Gasteiger partial charge < -0.3 is 5.32 Å². The third kappa shape index (κ3) is 3.35. The molecule has 0 bridgehead atoms. The number of thioether (sulfide) groups is 1. The van der Waals surface area contributed by atoms with E-state index < -0.39 is 0 Å². The Labute approximate surface area is 160 Å². The standard InChI is InChI=1S/C17H12BrN3S3/c1-22-12-6-7-13-15(8-12)24-17(19-13)21-16-20-14(9-23-16)10-2-4-11(18)5-3-10/h2-9H,1H3,(H,19,20,21). The van der Waals surface area contributed by atoms with E-state index >= 15 is 0 Å². The minimum absolute atomic E-state index is 0.858. The number of anilines is 2. The van der Waals surface area contributed by atoms with Gasteiger partial charge in [-0.05, 0) is 36.6 Å². The van der Waals surface area contributed by atoms with Gasteiger partial charge in [-0.15, -0.1) is 23.1 Å². The largest absolute Gasteiger partial charge is 0.307 e. The average Bonchev–Trinajstić information content (AvgIpc) is 3.21. The monoisotopic (exact) mass is 433 g/mol. The molecule has 4 rings (SSSR count). The molecular weight excluding hydrogens is 422 g/mol. The van der Waals surface area contributed by atoms with Crippen molar-refractivity contribution in [2.75, 3.05) is 11.6 Å². The van der Waals surface area contributed by atoms with Gasteiger partial charge in [-0.2, -0.15) is 0 Å². The minimum Gasteiger partial charge on any atom is -0.307 e. The molecule has 0 fully saturated rings. The Kier molecular flexibility index (Phi) is 4.58. The molecule has 0 amide bonds. The van der Waals surface area contributed by atoms with E-state index in [1.54, 1.807) is 34.4 Å². The van der Waals surface area contributed by atoms with Gasteiger partial charge in [0.25, 0.3) is 0 Å². The van der Waals surface area contributed by atoms with Gasteiger partial charge >= 0.3 is 0 Å². The van der Waals surface area contributed by atoms with Crippen LogP contribution < -0.4 is 5.32 Å². The second kappa shape index (κ2) is 6.84. The lowest BCUT2D eigenvalue weighted by atomic mass is 10.2. The number of nitrogens with zero attached hydrogens (tertiary/aromatic N) is 2. The predicted octanol–water partition coefficient (Wildman–Crippen LogP) is 6.65. The summed E-state index contributed by atoms with van der Waals surface area (Å²) in [5, 5.41) is 7.12. The van der Waals surface area contributed by atoms with Crippen LogP contribution in [-0.2, 0) is 0 Å². The van der Waals surface area contributed by atoms with Crippen LogP contribution in [0.4, 0.5) is 10.3 Å². The molecule has 3 nitrogen and oxygen atoms in total. The topological polar surface area (TPSA) is 37.8 Å². The van der Waals surface area contributed by atoms with E-state index in [2.05, 4.69) is 73.2 Å². The zero-order valence-corrected chi connectivity index (χ0v) is 16.7. The van der Waals surface area contributed by atoms with E-state index in [4.69, 9.17) is 0 Å². The summed E-state index contributed by atoms with van der Waals surface area (Å²) in [5.41, 5.74) is 3.10. The highest BCUT2D eigenvalue weighted by Gasteiger charge is 2.09. The normalized spacial score (nSPS) is 11.1. The number of fused-ring (bicyclic) bond motifs is 1. The molecule has 0 saturated carbocycles. The fourth-order valence-electron chi connectivity index (χ4n) is 2.26. The van der Waals surface area contributed by atoms with Crippen LogP contribution in [0.3, 0.4) is 0 Å². The second-order valence-corrected chi connectivity index (χ2v) is 8.71. The zero-order valence-electron chi connectivity index (χ0n) is 12.6. The van der Waals surface area contributed by atoms with Crippen molar-refractivity contribution in [2.45, 2.75) is 4.90 Å². The lowest BCUT2D eigenvalue weighted by Crippen LogP contribution is -1.88. The van der Waals surface area contributed by atoms with Crippen LogP contribution in [0.5, 0.6) is 0 Å². The molecule has 0 aliphatic rings. The number of hydrogen-bond acceptors (Lipinski definition) is 6. The van der Waals surface area contributed by atoms with Crippen LogP contribution in [0.2, 0.25) is 0 Å². The van der Waals surface area contributed by atoms with E-state index in [0.29, 0.717) is 0 Å². The van der Waals surface area contributed by atoms with Gasteiger partial charge in [-0.1, -0.05) is 39.4 Å². The summed E-state index contributed by atoms with van der Waals surface area (Å²) in [4.78, 5) is 10.6.